The van der Waals surface area contributed by atoms with E-state index in [2.05, 4.69) is 49.7 Å². The summed E-state index contributed by atoms with van der Waals surface area (Å²) < 4.78 is 22.6. The Hall–Kier alpha value is -4.94. The normalized spacial score (nSPS) is 18.9. The number of hydrogen-bond donors (Lipinski definition) is 3. The van der Waals surface area contributed by atoms with Crippen molar-refractivity contribution in [2.45, 2.75) is 70.9 Å². The van der Waals surface area contributed by atoms with E-state index in [-0.39, 0.29) is 30.9 Å². The Morgan fingerprint density at radius 2 is 1.58 bits per heavy atom. The molecule has 290 valence electrons. The minimum Gasteiger partial charge on any atom is -0.489 e. The van der Waals surface area contributed by atoms with Gasteiger partial charge in [-0.3, -0.25) is 14.4 Å². The highest BCUT2D eigenvalue weighted by Crippen LogP contribution is 2.44. The first-order chi connectivity index (χ1) is 26.7. The van der Waals surface area contributed by atoms with Gasteiger partial charge in [0.05, 0.1) is 22.2 Å². The lowest BCUT2D eigenvalue weighted by Gasteiger charge is -2.35. The molecule has 1 aromatic heterocycles. The number of nitrogens with zero attached hydrogens (tertiary/aromatic N) is 3. The average molecular weight is 765 g/mol. The average Bonchev–Trinajstić information content (AvgIpc) is 3.50. The van der Waals surface area contributed by atoms with Gasteiger partial charge >= 0.3 is 0 Å². The van der Waals surface area contributed by atoms with Crippen LogP contribution in [0.25, 0.3) is 22.2 Å². The smallest absolute Gasteiger partial charge is 0.251 e. The van der Waals surface area contributed by atoms with E-state index in [1.54, 1.807) is 6.26 Å². The molecule has 0 radical (unpaired) electrons. The summed E-state index contributed by atoms with van der Waals surface area (Å²) in [7, 11) is -1.01. The zero-order chi connectivity index (χ0) is 38.3. The number of rotatable bonds is 8. The van der Waals surface area contributed by atoms with Gasteiger partial charge in [-0.05, 0) is 97.3 Å². The van der Waals surface area contributed by atoms with Crippen LogP contribution in [0.4, 0.5) is 11.4 Å². The number of carbonyl (C=O) groups is 3. The molecule has 3 heterocycles. The molecule has 2 aliphatic heterocycles. The lowest BCUT2D eigenvalue weighted by Crippen LogP contribution is -2.47. The van der Waals surface area contributed by atoms with Crippen molar-refractivity contribution < 1.29 is 23.3 Å². The van der Waals surface area contributed by atoms with Gasteiger partial charge in [0.15, 0.2) is 0 Å². The van der Waals surface area contributed by atoms with Crippen LogP contribution in [-0.2, 0) is 33.7 Å². The molecule has 1 saturated heterocycles. The Labute approximate surface area is 326 Å². The van der Waals surface area contributed by atoms with E-state index in [0.29, 0.717) is 49.1 Å². The van der Waals surface area contributed by atoms with E-state index in [4.69, 9.17) is 4.74 Å². The SMILES string of the molecule is CC(=O)Nc1ccc(N2CCN(S(C)=O)CC2)c(COc2ccc(-c3c(C4CCCCC4)c4ccc5cc4n3CC(=O)NCC/C=C\CCNC5=O)cc2)c1. The molecule has 3 aromatic carbocycles. The monoisotopic (exact) mass is 764 g/mol. The van der Waals surface area contributed by atoms with E-state index < -0.39 is 11.0 Å². The minimum absolute atomic E-state index is 0.0620. The standard InChI is InChI=1S/C43H52N6O5S/c1-30(50)46-35-15-19-38(47-22-24-48(25-23-47)55(2)53)34(26-35)29-54-36-16-12-32(13-17-36)42-41(31-10-6-5-7-11-31)37-18-14-33-27-39(37)49(42)28-40(51)44-20-8-3-4-9-21-45-43(33)52/h3-4,12-19,26-27,31H,5-11,20-25,28-29H2,1-2H3,(H,44,51)(H,45,52)(H,46,50)/b4-3-. The molecule has 7 rings (SSSR count). The van der Waals surface area contributed by atoms with Gasteiger partial charge in [0.2, 0.25) is 11.8 Å². The summed E-state index contributed by atoms with van der Waals surface area (Å²) in [6.45, 7) is 5.89. The topological polar surface area (TPSA) is 125 Å². The Kier molecular flexibility index (Phi) is 12.3. The Balaban J connectivity index is 1.22. The van der Waals surface area contributed by atoms with Crippen molar-refractivity contribution in [3.8, 4) is 17.0 Å². The van der Waals surface area contributed by atoms with Crippen LogP contribution < -0.4 is 25.6 Å². The van der Waals surface area contributed by atoms with E-state index in [1.165, 1.54) is 18.9 Å². The van der Waals surface area contributed by atoms with Gasteiger partial charge in [-0.2, -0.15) is 0 Å². The molecule has 0 spiro atoms. The van der Waals surface area contributed by atoms with Crippen molar-refractivity contribution in [2.24, 2.45) is 0 Å². The molecular weight excluding hydrogens is 713 g/mol. The summed E-state index contributed by atoms with van der Waals surface area (Å²) >= 11 is 0. The lowest BCUT2D eigenvalue weighted by atomic mass is 9.81. The van der Waals surface area contributed by atoms with E-state index >= 15 is 0 Å². The zero-order valence-electron chi connectivity index (χ0n) is 31.9. The van der Waals surface area contributed by atoms with Crippen LogP contribution in [0, 0.1) is 0 Å². The fourth-order valence-electron chi connectivity index (χ4n) is 8.25. The van der Waals surface area contributed by atoms with Crippen molar-refractivity contribution in [3.63, 3.8) is 0 Å². The number of amides is 3. The fraction of sp³-hybridized carbons (Fsp3) is 0.419. The Morgan fingerprint density at radius 3 is 2.29 bits per heavy atom. The predicted molar refractivity (Wildman–Crippen MR) is 220 cm³/mol. The second kappa shape index (κ2) is 17.7. The second-order valence-corrected chi connectivity index (χ2v) is 16.1. The zero-order valence-corrected chi connectivity index (χ0v) is 32.7. The van der Waals surface area contributed by atoms with Gasteiger partial charge in [-0.25, -0.2) is 8.51 Å². The maximum atomic E-state index is 13.5. The first-order valence-electron chi connectivity index (χ1n) is 19.6. The number of benzene rings is 3. The first kappa shape index (κ1) is 38.3. The van der Waals surface area contributed by atoms with E-state index in [1.807, 2.05) is 52.8 Å². The van der Waals surface area contributed by atoms with Gasteiger partial charge < -0.3 is 30.2 Å². The molecule has 55 heavy (non-hydrogen) atoms. The van der Waals surface area contributed by atoms with Crippen LogP contribution in [0.2, 0.25) is 0 Å². The maximum absolute atomic E-state index is 13.5. The van der Waals surface area contributed by atoms with Gasteiger partial charge in [-0.15, -0.1) is 0 Å². The van der Waals surface area contributed by atoms with Gasteiger partial charge in [0.1, 0.15) is 18.9 Å². The van der Waals surface area contributed by atoms with Crippen LogP contribution in [0.1, 0.15) is 79.3 Å². The largest absolute Gasteiger partial charge is 0.489 e. The van der Waals surface area contributed by atoms with Crippen LogP contribution in [-0.4, -0.2) is 76.3 Å². The molecule has 2 bridgehead atoms. The highest BCUT2D eigenvalue weighted by atomic mass is 32.2. The number of carbonyl (C=O) groups excluding carboxylic acids is 3. The molecular formula is C43H52N6O5S. The van der Waals surface area contributed by atoms with Crippen molar-refractivity contribution >= 4 is 51.0 Å². The first-order valence-corrected chi connectivity index (χ1v) is 21.1. The predicted octanol–water partition coefficient (Wildman–Crippen LogP) is 6.50. The molecule has 1 atom stereocenters. The molecule has 1 aliphatic carbocycles. The molecule has 1 unspecified atom stereocenters. The summed E-state index contributed by atoms with van der Waals surface area (Å²) in [6, 6.07) is 20.0. The summed E-state index contributed by atoms with van der Waals surface area (Å²) in [5.41, 5.74) is 7.40. The lowest BCUT2D eigenvalue weighted by molar-refractivity contribution is -0.121. The number of anilines is 2. The summed E-state index contributed by atoms with van der Waals surface area (Å²) in [5, 5.41) is 10.2. The number of aromatic nitrogens is 1. The number of nitrogens with one attached hydrogen (secondary N) is 3. The maximum Gasteiger partial charge on any atom is 0.251 e. The number of ether oxygens (including phenoxy) is 1. The summed E-state index contributed by atoms with van der Waals surface area (Å²) in [6.07, 6.45) is 13.0. The van der Waals surface area contributed by atoms with Crippen LogP contribution in [0.5, 0.6) is 5.75 Å². The third kappa shape index (κ3) is 9.13. The summed E-state index contributed by atoms with van der Waals surface area (Å²) in [4.78, 5) is 41.0. The third-order valence-corrected chi connectivity index (χ3v) is 12.0. The van der Waals surface area contributed by atoms with Crippen molar-refractivity contribution in [1.29, 1.82) is 0 Å². The molecule has 1 saturated carbocycles. The molecule has 3 N–H and O–H groups in total. The van der Waals surface area contributed by atoms with Gasteiger partial charge in [0.25, 0.3) is 5.91 Å². The van der Waals surface area contributed by atoms with Crippen LogP contribution in [0.15, 0.2) is 72.8 Å². The quantitative estimate of drug-likeness (QED) is 0.176. The van der Waals surface area contributed by atoms with E-state index in [9.17, 15) is 18.6 Å². The number of piperazine rings is 1. The highest BCUT2D eigenvalue weighted by molar-refractivity contribution is 7.81. The molecule has 12 heteroatoms. The number of hydrogen-bond acceptors (Lipinski definition) is 6. The minimum atomic E-state index is -1.01. The third-order valence-electron chi connectivity index (χ3n) is 10.9. The summed E-state index contributed by atoms with van der Waals surface area (Å²) in [5.74, 6) is 0.722. The molecule has 3 amide bonds. The molecule has 3 aliphatic rings. The van der Waals surface area contributed by atoms with Crippen LogP contribution >= 0.6 is 0 Å². The van der Waals surface area contributed by atoms with Gasteiger partial charge in [0, 0.05) is 80.3 Å². The van der Waals surface area contributed by atoms with Crippen molar-refractivity contribution in [1.82, 2.24) is 19.5 Å². The molecule has 2 fully saturated rings. The van der Waals surface area contributed by atoms with Crippen molar-refractivity contribution in [3.05, 3.63) is 89.5 Å². The van der Waals surface area contributed by atoms with Crippen LogP contribution in [0.3, 0.4) is 0 Å². The van der Waals surface area contributed by atoms with Gasteiger partial charge in [-0.1, -0.05) is 37.5 Å². The Bertz CT molecular complexity index is 2080. The Morgan fingerprint density at radius 1 is 0.873 bits per heavy atom. The molecule has 4 aromatic rings. The van der Waals surface area contributed by atoms with Crippen molar-refractivity contribution in [2.75, 3.05) is 55.7 Å². The number of fused-ring (bicyclic) bond motifs is 1. The van der Waals surface area contributed by atoms with E-state index in [0.717, 1.165) is 85.0 Å². The fourth-order valence-corrected chi connectivity index (χ4v) is 8.92. The molecule has 11 nitrogen and oxygen atoms in total. The second-order valence-electron chi connectivity index (χ2n) is 14.7. The highest BCUT2D eigenvalue weighted by Gasteiger charge is 2.28.